The number of ether oxygens (including phenoxy) is 2. The number of aryl methyl sites for hydroxylation is 1. The Balaban J connectivity index is 1.74. The molecule has 0 unspecified atom stereocenters. The van der Waals surface area contributed by atoms with Gasteiger partial charge in [0.25, 0.3) is 0 Å². The molecule has 1 saturated heterocycles. The summed E-state index contributed by atoms with van der Waals surface area (Å²) < 4.78 is 11.4. The van der Waals surface area contributed by atoms with Crippen molar-refractivity contribution in [1.82, 2.24) is 5.32 Å². The zero-order chi connectivity index (χ0) is 14.7. The van der Waals surface area contributed by atoms with Crippen LogP contribution in [0, 0.1) is 6.92 Å². The number of hydrogen-bond acceptors (Lipinski definition) is 3. The Morgan fingerprint density at radius 2 is 1.67 bits per heavy atom. The van der Waals surface area contributed by atoms with Crippen LogP contribution in [0.2, 0.25) is 0 Å². The van der Waals surface area contributed by atoms with E-state index in [9.17, 15) is 0 Å². The third kappa shape index (κ3) is 3.26. The van der Waals surface area contributed by atoms with E-state index in [2.05, 4.69) is 48.6 Å². The van der Waals surface area contributed by atoms with Crippen molar-refractivity contribution in [2.75, 3.05) is 13.7 Å². The van der Waals surface area contributed by atoms with Crippen molar-refractivity contribution in [3.05, 3.63) is 65.2 Å². The molecule has 1 fully saturated rings. The average molecular weight is 283 g/mol. The molecule has 1 heterocycles. The molecule has 0 amide bonds. The first-order chi connectivity index (χ1) is 10.3. The van der Waals surface area contributed by atoms with E-state index in [-0.39, 0.29) is 12.3 Å². The quantitative estimate of drug-likeness (QED) is 0.930. The van der Waals surface area contributed by atoms with Crippen LogP contribution in [-0.2, 0) is 4.74 Å². The summed E-state index contributed by atoms with van der Waals surface area (Å²) >= 11 is 0. The maximum Gasteiger partial charge on any atom is 0.135 e. The summed E-state index contributed by atoms with van der Waals surface area (Å²) in [6.07, 6.45) is 1.07. The van der Waals surface area contributed by atoms with E-state index in [1.165, 1.54) is 16.7 Å². The van der Waals surface area contributed by atoms with Crippen molar-refractivity contribution >= 4 is 0 Å². The van der Waals surface area contributed by atoms with E-state index >= 15 is 0 Å². The van der Waals surface area contributed by atoms with Gasteiger partial charge in [-0.3, -0.25) is 5.32 Å². The minimum atomic E-state index is -0.0357. The van der Waals surface area contributed by atoms with Gasteiger partial charge in [0.05, 0.1) is 13.2 Å². The summed E-state index contributed by atoms with van der Waals surface area (Å²) in [5.74, 6) is 0.878. The molecule has 3 heteroatoms. The van der Waals surface area contributed by atoms with E-state index in [4.69, 9.17) is 9.47 Å². The summed E-state index contributed by atoms with van der Waals surface area (Å²) in [5, 5.41) is 3.43. The molecule has 0 bridgehead atoms. The Labute approximate surface area is 125 Å². The highest BCUT2D eigenvalue weighted by Gasteiger charge is 2.24. The molecule has 2 aromatic carbocycles. The van der Waals surface area contributed by atoms with Crippen LogP contribution >= 0.6 is 0 Å². The Morgan fingerprint density at radius 1 is 1.00 bits per heavy atom. The smallest absolute Gasteiger partial charge is 0.135 e. The Kier molecular flexibility index (Phi) is 4.23. The summed E-state index contributed by atoms with van der Waals surface area (Å²) in [6.45, 7) is 3.05. The van der Waals surface area contributed by atoms with Crippen LogP contribution < -0.4 is 10.1 Å². The lowest BCUT2D eigenvalue weighted by molar-refractivity contribution is -0.0654. The first-order valence-corrected chi connectivity index (χ1v) is 7.35. The molecule has 0 aliphatic carbocycles. The zero-order valence-corrected chi connectivity index (χ0v) is 12.5. The van der Waals surface area contributed by atoms with Crippen molar-refractivity contribution in [3.8, 4) is 5.75 Å². The van der Waals surface area contributed by atoms with Gasteiger partial charge in [-0.25, -0.2) is 0 Å². The first kappa shape index (κ1) is 14.1. The fourth-order valence-electron chi connectivity index (χ4n) is 2.63. The third-order valence-corrected chi connectivity index (χ3v) is 3.90. The van der Waals surface area contributed by atoms with Gasteiger partial charge >= 0.3 is 0 Å². The van der Waals surface area contributed by atoms with Crippen molar-refractivity contribution in [1.29, 1.82) is 0 Å². The number of hydrogen-bond donors (Lipinski definition) is 1. The molecule has 0 aromatic heterocycles. The van der Waals surface area contributed by atoms with E-state index < -0.39 is 0 Å². The fraction of sp³-hybridized carbons (Fsp3) is 0.333. The van der Waals surface area contributed by atoms with Crippen molar-refractivity contribution in [3.63, 3.8) is 0 Å². The van der Waals surface area contributed by atoms with E-state index in [0.29, 0.717) is 0 Å². The zero-order valence-electron chi connectivity index (χ0n) is 12.5. The molecule has 3 rings (SSSR count). The fourth-order valence-corrected chi connectivity index (χ4v) is 2.63. The van der Waals surface area contributed by atoms with Gasteiger partial charge in [-0.15, -0.1) is 0 Å². The summed E-state index contributed by atoms with van der Waals surface area (Å²) in [5.41, 5.74) is 3.65. The van der Waals surface area contributed by atoms with Crippen molar-refractivity contribution in [2.24, 2.45) is 0 Å². The number of methoxy groups -OCH3 is 1. The molecule has 0 spiro atoms. The van der Waals surface area contributed by atoms with Crippen LogP contribution in [0.15, 0.2) is 48.5 Å². The Morgan fingerprint density at radius 3 is 2.33 bits per heavy atom. The van der Waals surface area contributed by atoms with Gasteiger partial charge < -0.3 is 9.47 Å². The Bertz CT molecular complexity index is 577. The number of benzene rings is 2. The largest absolute Gasteiger partial charge is 0.497 e. The Hall–Kier alpha value is -1.84. The van der Waals surface area contributed by atoms with Crippen LogP contribution in [0.4, 0.5) is 0 Å². The number of rotatable bonds is 3. The van der Waals surface area contributed by atoms with Gasteiger partial charge in [-0.05, 0) is 36.6 Å². The van der Waals surface area contributed by atoms with Crippen LogP contribution in [0.25, 0.3) is 0 Å². The molecule has 21 heavy (non-hydrogen) atoms. The monoisotopic (exact) mass is 283 g/mol. The molecule has 0 radical (unpaired) electrons. The predicted octanol–water partition coefficient (Wildman–Crippen LogP) is 3.75. The molecule has 0 saturated carbocycles. The lowest BCUT2D eigenvalue weighted by Gasteiger charge is -2.31. The second-order valence-corrected chi connectivity index (χ2v) is 5.43. The van der Waals surface area contributed by atoms with Crippen molar-refractivity contribution < 1.29 is 9.47 Å². The molecule has 2 aromatic rings. The van der Waals surface area contributed by atoms with Gasteiger partial charge in [-0.1, -0.05) is 42.0 Å². The summed E-state index contributed by atoms with van der Waals surface area (Å²) in [4.78, 5) is 0. The molecule has 1 N–H and O–H groups in total. The lowest BCUT2D eigenvalue weighted by atomic mass is 10.0. The highest BCUT2D eigenvalue weighted by Crippen LogP contribution is 2.32. The van der Waals surface area contributed by atoms with E-state index in [1.807, 2.05) is 12.1 Å². The molecule has 110 valence electrons. The predicted molar refractivity (Wildman–Crippen MR) is 83.4 cm³/mol. The lowest BCUT2D eigenvalue weighted by Crippen LogP contribution is -2.33. The molecule has 1 aliphatic heterocycles. The van der Waals surface area contributed by atoms with Crippen LogP contribution in [0.3, 0.4) is 0 Å². The topological polar surface area (TPSA) is 30.5 Å². The number of nitrogens with one attached hydrogen (secondary N) is 1. The maximum atomic E-state index is 6.22. The molecule has 2 atom stereocenters. The molecule has 3 nitrogen and oxygen atoms in total. The van der Waals surface area contributed by atoms with Crippen LogP contribution in [-0.4, -0.2) is 13.7 Å². The molecular weight excluding hydrogens is 262 g/mol. The van der Waals surface area contributed by atoms with Crippen molar-refractivity contribution in [2.45, 2.75) is 25.7 Å². The standard InChI is InChI=1S/C18H21NO2/c1-13-3-5-15(6-4-13)18-19-12-11-17(21-18)14-7-9-16(20-2)10-8-14/h3-10,17-19H,11-12H2,1-2H3/t17-,18-/m1/s1. The minimum absolute atomic E-state index is 0.0357. The first-order valence-electron chi connectivity index (χ1n) is 7.35. The van der Waals surface area contributed by atoms with Gasteiger partial charge in [0.2, 0.25) is 0 Å². The minimum Gasteiger partial charge on any atom is -0.497 e. The van der Waals surface area contributed by atoms with Gasteiger partial charge in [-0.2, -0.15) is 0 Å². The van der Waals surface area contributed by atoms with E-state index in [0.717, 1.165) is 18.7 Å². The van der Waals surface area contributed by atoms with E-state index in [1.54, 1.807) is 7.11 Å². The molecular formula is C18H21NO2. The third-order valence-electron chi connectivity index (χ3n) is 3.90. The average Bonchev–Trinajstić information content (AvgIpc) is 2.56. The van der Waals surface area contributed by atoms with Gasteiger partial charge in [0.1, 0.15) is 12.0 Å². The summed E-state index contributed by atoms with van der Waals surface area (Å²) in [6, 6.07) is 16.6. The molecule has 1 aliphatic rings. The summed E-state index contributed by atoms with van der Waals surface area (Å²) in [7, 11) is 1.68. The highest BCUT2D eigenvalue weighted by atomic mass is 16.5. The maximum absolute atomic E-state index is 6.22. The van der Waals surface area contributed by atoms with Gasteiger partial charge in [0, 0.05) is 6.54 Å². The van der Waals surface area contributed by atoms with Crippen LogP contribution in [0.5, 0.6) is 5.75 Å². The second kappa shape index (κ2) is 6.29. The highest BCUT2D eigenvalue weighted by molar-refractivity contribution is 5.29. The SMILES string of the molecule is COc1ccc([C@H]2CCN[C@@H](c3ccc(C)cc3)O2)cc1. The van der Waals surface area contributed by atoms with Gasteiger partial charge in [0.15, 0.2) is 0 Å². The van der Waals surface area contributed by atoms with Crippen LogP contribution in [0.1, 0.15) is 35.4 Å². The normalized spacial score (nSPS) is 22.0. The second-order valence-electron chi connectivity index (χ2n) is 5.43.